The fraction of sp³-hybridized carbons (Fsp3) is 0.875. The molecule has 0 bridgehead atoms. The third-order valence-corrected chi connectivity index (χ3v) is 6.74. The largest absolute Gasteiger partial charge is 1.00 e. The molecule has 1 amide bonds. The van der Waals surface area contributed by atoms with Gasteiger partial charge in [-0.2, -0.15) is 0 Å². The maximum Gasteiger partial charge on any atom is 1.00 e. The molecular formula is C32H60NNaO7. The zero-order valence-electron chi connectivity index (χ0n) is 27.6. The van der Waals surface area contributed by atoms with E-state index in [0.29, 0.717) is 0 Å². The number of esters is 2. The molecule has 0 aromatic carbocycles. The van der Waals surface area contributed by atoms with Crippen LogP contribution >= 0.6 is 0 Å². The number of carbonyl (C=O) groups is 4. The predicted octanol–water partition coefficient (Wildman–Crippen LogP) is 3.52. The second-order valence-corrected chi connectivity index (χ2v) is 11.0. The number of carboxylic acid groups (broad SMARTS) is 1. The molecule has 0 N–H and O–H groups in total. The Labute approximate surface area is 273 Å². The summed E-state index contributed by atoms with van der Waals surface area (Å²) in [6, 6.07) is 0. The number of rotatable bonds is 24. The van der Waals surface area contributed by atoms with Crippen LogP contribution in [0.2, 0.25) is 0 Å². The quantitative estimate of drug-likeness (QED) is 0.0956. The molecule has 0 aliphatic heterocycles. The molecule has 2 unspecified atom stereocenters. The minimum Gasteiger partial charge on any atom is -0.546 e. The average Bonchev–Trinajstić information content (AvgIpc) is 2.91. The van der Waals surface area contributed by atoms with Gasteiger partial charge in [-0.25, -0.2) is 4.79 Å². The van der Waals surface area contributed by atoms with Crippen molar-refractivity contribution < 1.29 is 63.3 Å². The number of amides is 1. The number of aliphatic carboxylic acids is 1. The van der Waals surface area contributed by atoms with Gasteiger partial charge in [0, 0.05) is 26.9 Å². The number of hydrogen-bond acceptors (Lipinski definition) is 7. The van der Waals surface area contributed by atoms with Crippen molar-refractivity contribution in [2.45, 2.75) is 168 Å². The Bertz CT molecular complexity index is 658. The van der Waals surface area contributed by atoms with Crippen LogP contribution < -0.4 is 34.7 Å². The summed E-state index contributed by atoms with van der Waals surface area (Å²) < 4.78 is 9.53. The van der Waals surface area contributed by atoms with E-state index in [1.54, 1.807) is 4.90 Å². The van der Waals surface area contributed by atoms with Gasteiger partial charge in [-0.1, -0.05) is 117 Å². The number of hydrogen-bond donors (Lipinski definition) is 0. The molecule has 0 heterocycles. The van der Waals surface area contributed by atoms with Crippen LogP contribution in [0.5, 0.6) is 0 Å². The molecule has 0 saturated heterocycles. The van der Waals surface area contributed by atoms with Crippen LogP contribution in [0.4, 0.5) is 0 Å². The van der Waals surface area contributed by atoms with Gasteiger partial charge in [0.05, 0.1) is 5.97 Å². The minimum atomic E-state index is -1.49. The number of carbonyl (C=O) groups excluding carboxylic acids is 4. The standard InChI is InChI=1S/C18H32O6.C14H29NO.Na/c1-4-5-6-7-8-9-10-11-12-13-16(19)23-15(3)18(22)24-14(2)17(20)21;1-4-5-6-7-8-9-10-11-12-13-14(16)15(2)3;/h14-15H,4-13H2,1-3H3,(H,20,21);4-13H2,1-3H3;/q;;+1/p-1. The summed E-state index contributed by atoms with van der Waals surface area (Å²) in [4.78, 5) is 46.6. The van der Waals surface area contributed by atoms with E-state index in [4.69, 9.17) is 4.74 Å². The van der Waals surface area contributed by atoms with Crippen LogP contribution in [0, 0.1) is 0 Å². The second kappa shape index (κ2) is 31.8. The van der Waals surface area contributed by atoms with Crippen LogP contribution in [0.3, 0.4) is 0 Å². The number of ether oxygens (including phenoxy) is 2. The summed E-state index contributed by atoms with van der Waals surface area (Å²) in [5.41, 5.74) is 0. The van der Waals surface area contributed by atoms with Gasteiger partial charge in [0.15, 0.2) is 6.10 Å². The first-order valence-electron chi connectivity index (χ1n) is 15.9. The van der Waals surface area contributed by atoms with E-state index < -0.39 is 30.1 Å². The van der Waals surface area contributed by atoms with Crippen LogP contribution in [-0.4, -0.2) is 55.0 Å². The molecule has 0 aromatic heterocycles. The zero-order valence-corrected chi connectivity index (χ0v) is 29.6. The normalized spacial score (nSPS) is 11.8. The molecule has 0 aromatic rings. The van der Waals surface area contributed by atoms with Gasteiger partial charge < -0.3 is 24.3 Å². The van der Waals surface area contributed by atoms with Gasteiger partial charge in [-0.3, -0.25) is 9.59 Å². The van der Waals surface area contributed by atoms with Crippen LogP contribution in [0.1, 0.15) is 156 Å². The van der Waals surface area contributed by atoms with Gasteiger partial charge in [0.2, 0.25) is 5.91 Å². The molecule has 9 heteroatoms. The summed E-state index contributed by atoms with van der Waals surface area (Å²) in [5, 5.41) is 10.5. The summed E-state index contributed by atoms with van der Waals surface area (Å²) >= 11 is 0. The number of unbranched alkanes of at least 4 members (excludes halogenated alkanes) is 16. The Kier molecular flexibility index (Phi) is 34.4. The summed E-state index contributed by atoms with van der Waals surface area (Å²) in [7, 11) is 3.66. The fourth-order valence-corrected chi connectivity index (χ4v) is 4.01. The van der Waals surface area contributed by atoms with Crippen molar-refractivity contribution in [3.8, 4) is 0 Å². The smallest absolute Gasteiger partial charge is 0.546 e. The van der Waals surface area contributed by atoms with Crippen molar-refractivity contribution in [1.29, 1.82) is 0 Å². The van der Waals surface area contributed by atoms with Crippen molar-refractivity contribution in [1.82, 2.24) is 4.90 Å². The van der Waals surface area contributed by atoms with Crippen LogP contribution in [-0.2, 0) is 28.7 Å². The van der Waals surface area contributed by atoms with Gasteiger partial charge in [-0.15, -0.1) is 0 Å². The Morgan fingerprint density at radius 2 is 0.951 bits per heavy atom. The molecule has 0 saturated carbocycles. The molecule has 41 heavy (non-hydrogen) atoms. The molecule has 0 aliphatic carbocycles. The topological polar surface area (TPSA) is 113 Å². The molecule has 0 rings (SSSR count). The van der Waals surface area contributed by atoms with E-state index >= 15 is 0 Å². The SMILES string of the molecule is CCCCCCCCCCCC(=O)N(C)C.CCCCCCCCCCCC(=O)OC(C)C(=O)OC(C)C(=O)[O-].[Na+]. The average molecular weight is 594 g/mol. The molecule has 0 fully saturated rings. The third-order valence-electron chi connectivity index (χ3n) is 6.74. The molecule has 0 radical (unpaired) electrons. The Morgan fingerprint density at radius 1 is 0.585 bits per heavy atom. The van der Waals surface area contributed by atoms with Crippen molar-refractivity contribution in [3.63, 3.8) is 0 Å². The summed E-state index contributed by atoms with van der Waals surface area (Å²) in [6.45, 7) is 6.99. The Morgan fingerprint density at radius 3 is 1.32 bits per heavy atom. The zero-order chi connectivity index (χ0) is 30.6. The van der Waals surface area contributed by atoms with Crippen molar-refractivity contribution in [2.75, 3.05) is 14.1 Å². The predicted molar refractivity (Wildman–Crippen MR) is 158 cm³/mol. The first-order valence-corrected chi connectivity index (χ1v) is 15.9. The molecule has 8 nitrogen and oxygen atoms in total. The van der Waals surface area contributed by atoms with Gasteiger partial charge in [0.1, 0.15) is 6.10 Å². The Balaban J connectivity index is -0.000000742. The first kappa shape index (κ1) is 44.3. The van der Waals surface area contributed by atoms with Gasteiger partial charge in [-0.05, 0) is 26.7 Å². The monoisotopic (exact) mass is 593 g/mol. The summed E-state index contributed by atoms with van der Waals surface area (Å²) in [6.07, 6.45) is 20.6. The number of nitrogens with zero attached hydrogens (tertiary/aromatic N) is 1. The second-order valence-electron chi connectivity index (χ2n) is 11.0. The van der Waals surface area contributed by atoms with E-state index in [1.807, 2.05) is 14.1 Å². The first-order chi connectivity index (χ1) is 19.1. The minimum absolute atomic E-state index is 0. The van der Waals surface area contributed by atoms with E-state index in [2.05, 4.69) is 18.6 Å². The van der Waals surface area contributed by atoms with Crippen molar-refractivity contribution in [3.05, 3.63) is 0 Å². The van der Waals surface area contributed by atoms with Crippen LogP contribution in [0.15, 0.2) is 0 Å². The van der Waals surface area contributed by atoms with Crippen LogP contribution in [0.25, 0.3) is 0 Å². The number of carboxylic acids is 1. The van der Waals surface area contributed by atoms with Gasteiger partial charge >= 0.3 is 41.5 Å². The van der Waals surface area contributed by atoms with Crippen molar-refractivity contribution >= 4 is 23.8 Å². The molecule has 236 valence electrons. The summed E-state index contributed by atoms with van der Waals surface area (Å²) in [5.74, 6) is -2.57. The van der Waals surface area contributed by atoms with E-state index in [-0.39, 0.29) is 41.9 Å². The fourth-order valence-electron chi connectivity index (χ4n) is 4.01. The maximum absolute atomic E-state index is 11.6. The molecule has 0 spiro atoms. The van der Waals surface area contributed by atoms with E-state index in [1.165, 1.54) is 104 Å². The Hall–Kier alpha value is -1.12. The van der Waals surface area contributed by atoms with E-state index in [0.717, 1.165) is 32.1 Å². The van der Waals surface area contributed by atoms with E-state index in [9.17, 15) is 24.3 Å². The van der Waals surface area contributed by atoms with Gasteiger partial charge in [0.25, 0.3) is 0 Å². The molecular weight excluding hydrogens is 533 g/mol. The third kappa shape index (κ3) is 31.6. The maximum atomic E-state index is 11.6. The van der Waals surface area contributed by atoms with Crippen molar-refractivity contribution in [2.24, 2.45) is 0 Å². The molecule has 0 aliphatic rings. The molecule has 2 atom stereocenters.